The number of aromatic nitrogens is 2. The summed E-state index contributed by atoms with van der Waals surface area (Å²) in [6.45, 7) is 3.31. The molecule has 1 aromatic heterocycles. The average Bonchev–Trinajstić information content (AvgIpc) is 2.87. The van der Waals surface area contributed by atoms with Crippen molar-refractivity contribution in [3.63, 3.8) is 0 Å². The number of nitrogens with one attached hydrogen (secondary N) is 2. The van der Waals surface area contributed by atoms with Crippen molar-refractivity contribution in [2.75, 3.05) is 18.1 Å². The van der Waals surface area contributed by atoms with Gasteiger partial charge in [-0.05, 0) is 43.4 Å². The van der Waals surface area contributed by atoms with Crippen LogP contribution >= 0.6 is 11.8 Å². The van der Waals surface area contributed by atoms with Gasteiger partial charge in [0.05, 0.1) is 5.69 Å². The largest absolute Gasteiger partial charge is 0.309 e. The van der Waals surface area contributed by atoms with Crippen molar-refractivity contribution in [2.24, 2.45) is 5.92 Å². The Balaban J connectivity index is 1.74. The van der Waals surface area contributed by atoms with E-state index >= 15 is 0 Å². The fourth-order valence-electron chi connectivity index (χ4n) is 1.71. The molecular weight excluding hydrogens is 194 g/mol. The zero-order chi connectivity index (χ0) is 9.80. The van der Waals surface area contributed by atoms with Crippen LogP contribution in [0.4, 0.5) is 0 Å². The quantitative estimate of drug-likeness (QED) is 0.798. The average molecular weight is 211 g/mol. The molecule has 0 saturated carbocycles. The van der Waals surface area contributed by atoms with Crippen molar-refractivity contribution in [1.82, 2.24) is 15.5 Å². The lowest BCUT2D eigenvalue weighted by atomic mass is 10.1. The smallest absolute Gasteiger partial charge is 0.0518 e. The Morgan fingerprint density at radius 1 is 1.79 bits per heavy atom. The third-order valence-electron chi connectivity index (χ3n) is 2.73. The van der Waals surface area contributed by atoms with Crippen LogP contribution in [0.3, 0.4) is 0 Å². The van der Waals surface area contributed by atoms with Crippen LogP contribution in [0.1, 0.15) is 25.1 Å². The van der Waals surface area contributed by atoms with Crippen molar-refractivity contribution >= 4 is 11.8 Å². The highest BCUT2D eigenvalue weighted by atomic mass is 32.2. The van der Waals surface area contributed by atoms with E-state index in [1.165, 1.54) is 23.6 Å². The molecule has 0 aliphatic carbocycles. The Kier molecular flexibility index (Phi) is 3.48. The molecule has 0 bridgehead atoms. The first-order valence-corrected chi connectivity index (χ1v) is 6.32. The van der Waals surface area contributed by atoms with E-state index in [1.807, 2.05) is 6.07 Å². The maximum atomic E-state index is 3.95. The zero-order valence-corrected chi connectivity index (χ0v) is 9.31. The van der Waals surface area contributed by atoms with Crippen LogP contribution in [0.25, 0.3) is 0 Å². The molecule has 1 aromatic rings. The van der Waals surface area contributed by atoms with Gasteiger partial charge >= 0.3 is 0 Å². The van der Waals surface area contributed by atoms with Gasteiger partial charge in [-0.2, -0.15) is 16.9 Å². The first-order valence-electron chi connectivity index (χ1n) is 5.16. The summed E-state index contributed by atoms with van der Waals surface area (Å²) in [5, 5.41) is 10.5. The predicted molar refractivity (Wildman–Crippen MR) is 60.4 cm³/mol. The van der Waals surface area contributed by atoms with Crippen molar-refractivity contribution in [2.45, 2.75) is 19.4 Å². The van der Waals surface area contributed by atoms with Gasteiger partial charge in [-0.25, -0.2) is 0 Å². The lowest BCUT2D eigenvalue weighted by Gasteiger charge is -2.15. The minimum atomic E-state index is 0.392. The van der Waals surface area contributed by atoms with Gasteiger partial charge in [0.15, 0.2) is 0 Å². The summed E-state index contributed by atoms with van der Waals surface area (Å²) >= 11 is 2.07. The number of H-pyrrole nitrogens is 1. The van der Waals surface area contributed by atoms with Crippen molar-refractivity contribution in [3.05, 3.63) is 18.0 Å². The van der Waals surface area contributed by atoms with Crippen LogP contribution in [-0.2, 0) is 0 Å². The Labute approximate surface area is 89.1 Å². The zero-order valence-electron chi connectivity index (χ0n) is 8.49. The molecule has 1 fully saturated rings. The standard InChI is InChI=1S/C10H17N3S/c1-8(10-2-4-12-13-10)11-6-9-3-5-14-7-9/h2,4,8-9,11H,3,5-7H2,1H3,(H,12,13). The van der Waals surface area contributed by atoms with E-state index in [4.69, 9.17) is 0 Å². The third-order valence-corrected chi connectivity index (χ3v) is 3.96. The summed E-state index contributed by atoms with van der Waals surface area (Å²) in [4.78, 5) is 0. The van der Waals surface area contributed by atoms with Gasteiger partial charge in [0.1, 0.15) is 0 Å². The molecule has 0 radical (unpaired) electrons. The Hall–Kier alpha value is -0.480. The highest BCUT2D eigenvalue weighted by Gasteiger charge is 2.16. The van der Waals surface area contributed by atoms with Gasteiger partial charge in [0.2, 0.25) is 0 Å². The van der Waals surface area contributed by atoms with Crippen molar-refractivity contribution in [3.8, 4) is 0 Å². The van der Waals surface area contributed by atoms with Gasteiger partial charge in [0, 0.05) is 12.2 Å². The predicted octanol–water partition coefficient (Wildman–Crippen LogP) is 1.81. The molecule has 2 atom stereocenters. The number of thioether (sulfide) groups is 1. The number of hydrogen-bond acceptors (Lipinski definition) is 3. The second-order valence-electron chi connectivity index (χ2n) is 3.87. The van der Waals surface area contributed by atoms with Crippen LogP contribution in [-0.4, -0.2) is 28.2 Å². The monoisotopic (exact) mass is 211 g/mol. The van der Waals surface area contributed by atoms with Gasteiger partial charge in [-0.3, -0.25) is 5.10 Å². The topological polar surface area (TPSA) is 40.7 Å². The molecule has 3 nitrogen and oxygen atoms in total. The van der Waals surface area contributed by atoms with E-state index in [1.54, 1.807) is 6.20 Å². The number of hydrogen-bond donors (Lipinski definition) is 2. The maximum absolute atomic E-state index is 3.95. The van der Waals surface area contributed by atoms with E-state index in [-0.39, 0.29) is 0 Å². The van der Waals surface area contributed by atoms with Gasteiger partial charge in [-0.15, -0.1) is 0 Å². The highest BCUT2D eigenvalue weighted by molar-refractivity contribution is 7.99. The molecule has 0 spiro atoms. The molecule has 1 aliphatic rings. The summed E-state index contributed by atoms with van der Waals surface area (Å²) in [5.41, 5.74) is 1.18. The molecule has 0 aromatic carbocycles. The third kappa shape index (κ3) is 2.51. The minimum Gasteiger partial charge on any atom is -0.309 e. The molecule has 4 heteroatoms. The first-order chi connectivity index (χ1) is 6.86. The molecule has 1 aliphatic heterocycles. The van der Waals surface area contributed by atoms with Crippen molar-refractivity contribution in [1.29, 1.82) is 0 Å². The highest BCUT2D eigenvalue weighted by Crippen LogP contribution is 2.23. The Morgan fingerprint density at radius 2 is 2.71 bits per heavy atom. The van der Waals surface area contributed by atoms with E-state index < -0.39 is 0 Å². The van der Waals surface area contributed by atoms with E-state index in [0.29, 0.717) is 6.04 Å². The molecule has 0 amide bonds. The van der Waals surface area contributed by atoms with Crippen LogP contribution in [0, 0.1) is 5.92 Å². The van der Waals surface area contributed by atoms with Gasteiger partial charge < -0.3 is 5.32 Å². The molecule has 14 heavy (non-hydrogen) atoms. The number of rotatable bonds is 4. The first kappa shape index (κ1) is 10.1. The summed E-state index contributed by atoms with van der Waals surface area (Å²) in [6, 6.07) is 2.42. The molecule has 78 valence electrons. The van der Waals surface area contributed by atoms with E-state index in [2.05, 4.69) is 34.2 Å². The summed E-state index contributed by atoms with van der Waals surface area (Å²) in [6.07, 6.45) is 3.17. The SMILES string of the molecule is CC(NCC1CCSC1)c1ccn[nH]1. The maximum Gasteiger partial charge on any atom is 0.0518 e. The van der Waals surface area contributed by atoms with Gasteiger partial charge in [0.25, 0.3) is 0 Å². The Bertz CT molecular complexity index is 254. The molecular formula is C10H17N3S. The summed E-state index contributed by atoms with van der Waals surface area (Å²) < 4.78 is 0. The molecule has 2 rings (SSSR count). The van der Waals surface area contributed by atoms with Crippen molar-refractivity contribution < 1.29 is 0 Å². The van der Waals surface area contributed by atoms with Crippen LogP contribution in [0.5, 0.6) is 0 Å². The number of aromatic amines is 1. The molecule has 1 saturated heterocycles. The normalized spacial score (nSPS) is 23.9. The summed E-state index contributed by atoms with van der Waals surface area (Å²) in [5.74, 6) is 3.53. The Morgan fingerprint density at radius 3 is 3.36 bits per heavy atom. The van der Waals surface area contributed by atoms with Gasteiger partial charge in [-0.1, -0.05) is 0 Å². The summed E-state index contributed by atoms with van der Waals surface area (Å²) in [7, 11) is 0. The fraction of sp³-hybridized carbons (Fsp3) is 0.700. The molecule has 2 N–H and O–H groups in total. The van der Waals surface area contributed by atoms with Crippen LogP contribution in [0.2, 0.25) is 0 Å². The lowest BCUT2D eigenvalue weighted by Crippen LogP contribution is -2.25. The van der Waals surface area contributed by atoms with E-state index in [9.17, 15) is 0 Å². The minimum absolute atomic E-state index is 0.392. The van der Waals surface area contributed by atoms with E-state index in [0.717, 1.165) is 12.5 Å². The molecule has 2 unspecified atom stereocenters. The molecule has 2 heterocycles. The fourth-order valence-corrected chi connectivity index (χ4v) is 2.99. The lowest BCUT2D eigenvalue weighted by molar-refractivity contribution is 0.471. The number of nitrogens with zero attached hydrogens (tertiary/aromatic N) is 1. The second-order valence-corrected chi connectivity index (χ2v) is 5.02. The second kappa shape index (κ2) is 4.84. The van der Waals surface area contributed by atoms with Crippen LogP contribution in [0.15, 0.2) is 12.3 Å². The van der Waals surface area contributed by atoms with Crippen LogP contribution < -0.4 is 5.32 Å².